The van der Waals surface area contributed by atoms with Gasteiger partial charge in [0.2, 0.25) is 0 Å². The lowest BCUT2D eigenvalue weighted by Crippen LogP contribution is -2.18. The third-order valence-corrected chi connectivity index (χ3v) is 2.32. The molecule has 0 radical (unpaired) electrons. The van der Waals surface area contributed by atoms with Gasteiger partial charge in [-0.15, -0.1) is 0 Å². The summed E-state index contributed by atoms with van der Waals surface area (Å²) in [5, 5.41) is 0. The first-order chi connectivity index (χ1) is 4.39. The van der Waals surface area contributed by atoms with E-state index in [2.05, 4.69) is 0 Å². The van der Waals surface area contributed by atoms with E-state index in [-0.39, 0.29) is 0 Å². The van der Waals surface area contributed by atoms with Crippen LogP contribution in [-0.2, 0) is 4.74 Å². The van der Waals surface area contributed by atoms with E-state index in [9.17, 15) is 0 Å². The molecule has 0 N–H and O–H groups in total. The van der Waals surface area contributed by atoms with Crippen molar-refractivity contribution in [2.24, 2.45) is 0 Å². The molecule has 0 amide bonds. The maximum Gasteiger partial charge on any atom is 0.0465 e. The van der Waals surface area contributed by atoms with Gasteiger partial charge in [-0.2, -0.15) is 0 Å². The van der Waals surface area contributed by atoms with Crippen molar-refractivity contribution in [1.29, 1.82) is 0 Å². The number of hydrogen-bond donors (Lipinski definition) is 0. The Kier molecular flexibility index (Phi) is 6.42. The van der Waals surface area contributed by atoms with Crippen LogP contribution in [0.5, 0.6) is 0 Å². The standard InChI is InChI=1S/C5H12OSi.C2H6/c7-5-3-1-2-4-6-5;1-2/h5H,1-4H2,7H3;1-2H3. The lowest BCUT2D eigenvalue weighted by Gasteiger charge is -2.17. The fraction of sp³-hybridized carbons (Fsp3) is 1.00. The van der Waals surface area contributed by atoms with Crippen molar-refractivity contribution in [2.45, 2.75) is 38.8 Å². The summed E-state index contributed by atoms with van der Waals surface area (Å²) in [6.07, 6.45) is 4.01. The Bertz CT molecular complexity index is 50.9. The third-order valence-electron chi connectivity index (χ3n) is 1.41. The highest BCUT2D eigenvalue weighted by atomic mass is 28.1. The second kappa shape index (κ2) is 6.30. The highest BCUT2D eigenvalue weighted by molar-refractivity contribution is 6.10. The molecule has 0 spiro atoms. The number of ether oxygens (including phenoxy) is 1. The molecule has 1 aliphatic rings. The lowest BCUT2D eigenvalue weighted by molar-refractivity contribution is 0.0675. The molecule has 0 bridgehead atoms. The second-order valence-corrected chi connectivity index (χ2v) is 3.47. The zero-order chi connectivity index (χ0) is 7.11. The molecule has 1 heterocycles. The van der Waals surface area contributed by atoms with E-state index >= 15 is 0 Å². The van der Waals surface area contributed by atoms with Gasteiger partial charge in [-0.3, -0.25) is 0 Å². The molecule has 1 saturated heterocycles. The molecular formula is C7H18OSi. The van der Waals surface area contributed by atoms with Crippen LogP contribution in [0.2, 0.25) is 0 Å². The van der Waals surface area contributed by atoms with Crippen molar-refractivity contribution in [3.8, 4) is 0 Å². The molecule has 0 aromatic heterocycles. The molecule has 56 valence electrons. The Balaban J connectivity index is 0.000000291. The van der Waals surface area contributed by atoms with Crippen LogP contribution < -0.4 is 0 Å². The van der Waals surface area contributed by atoms with Crippen molar-refractivity contribution in [2.75, 3.05) is 6.61 Å². The quantitative estimate of drug-likeness (QED) is 0.462. The smallest absolute Gasteiger partial charge is 0.0465 e. The van der Waals surface area contributed by atoms with Crippen LogP contribution in [0.4, 0.5) is 0 Å². The van der Waals surface area contributed by atoms with Crippen LogP contribution in [0.25, 0.3) is 0 Å². The Morgan fingerprint density at radius 2 is 2.00 bits per heavy atom. The van der Waals surface area contributed by atoms with Gasteiger partial charge in [0, 0.05) is 22.6 Å². The van der Waals surface area contributed by atoms with Gasteiger partial charge in [0.05, 0.1) is 0 Å². The van der Waals surface area contributed by atoms with Crippen LogP contribution in [0.15, 0.2) is 0 Å². The zero-order valence-electron chi connectivity index (χ0n) is 6.81. The number of hydrogen-bond acceptors (Lipinski definition) is 1. The molecule has 0 aromatic rings. The van der Waals surface area contributed by atoms with Gasteiger partial charge in [0.1, 0.15) is 0 Å². The average Bonchev–Trinajstić information content (AvgIpc) is 1.94. The van der Waals surface area contributed by atoms with E-state index in [4.69, 9.17) is 4.74 Å². The van der Waals surface area contributed by atoms with Gasteiger partial charge in [0.15, 0.2) is 0 Å². The van der Waals surface area contributed by atoms with Crippen LogP contribution >= 0.6 is 0 Å². The molecule has 1 fully saturated rings. The average molecular weight is 146 g/mol. The predicted octanol–water partition coefficient (Wildman–Crippen LogP) is 0.905. The maximum absolute atomic E-state index is 5.34. The molecule has 1 unspecified atom stereocenters. The van der Waals surface area contributed by atoms with E-state index < -0.39 is 0 Å². The summed E-state index contributed by atoms with van der Waals surface area (Å²) in [6.45, 7) is 5.02. The van der Waals surface area contributed by atoms with Gasteiger partial charge >= 0.3 is 0 Å². The van der Waals surface area contributed by atoms with Crippen LogP contribution in [0.1, 0.15) is 33.1 Å². The van der Waals surface area contributed by atoms with Gasteiger partial charge in [0.25, 0.3) is 0 Å². The SMILES string of the molecule is CC.[SiH3]C1CCCCO1. The molecule has 1 aliphatic heterocycles. The van der Waals surface area contributed by atoms with E-state index in [0.29, 0.717) is 5.73 Å². The minimum absolute atomic E-state index is 0.675. The zero-order valence-corrected chi connectivity index (χ0v) is 8.81. The van der Waals surface area contributed by atoms with E-state index in [1.165, 1.54) is 29.5 Å². The van der Waals surface area contributed by atoms with Crippen LogP contribution in [0, 0.1) is 0 Å². The Morgan fingerprint density at radius 3 is 2.22 bits per heavy atom. The summed E-state index contributed by atoms with van der Waals surface area (Å²) in [5.41, 5.74) is 0.675. The summed E-state index contributed by atoms with van der Waals surface area (Å²) in [6, 6.07) is 0. The van der Waals surface area contributed by atoms with Gasteiger partial charge < -0.3 is 4.74 Å². The fourth-order valence-corrected chi connectivity index (χ4v) is 1.55. The van der Waals surface area contributed by atoms with Gasteiger partial charge in [-0.1, -0.05) is 13.8 Å². The highest BCUT2D eigenvalue weighted by Gasteiger charge is 2.05. The summed E-state index contributed by atoms with van der Waals surface area (Å²) < 4.78 is 5.34. The molecule has 1 atom stereocenters. The molecule has 2 heteroatoms. The first-order valence-electron chi connectivity index (χ1n) is 4.01. The van der Waals surface area contributed by atoms with Gasteiger partial charge in [-0.25, -0.2) is 0 Å². The molecule has 1 rings (SSSR count). The Morgan fingerprint density at radius 1 is 1.33 bits per heavy atom. The largest absolute Gasteiger partial charge is 0.383 e. The molecule has 0 aromatic carbocycles. The van der Waals surface area contributed by atoms with Crippen molar-refractivity contribution in [3.05, 3.63) is 0 Å². The maximum atomic E-state index is 5.34. The van der Waals surface area contributed by atoms with Crippen molar-refractivity contribution in [1.82, 2.24) is 0 Å². The molecule has 0 aliphatic carbocycles. The fourth-order valence-electron chi connectivity index (χ4n) is 0.902. The predicted molar refractivity (Wildman–Crippen MR) is 44.9 cm³/mol. The van der Waals surface area contributed by atoms with E-state index in [1.807, 2.05) is 13.8 Å². The Hall–Kier alpha value is 0.177. The third kappa shape index (κ3) is 4.67. The van der Waals surface area contributed by atoms with Gasteiger partial charge in [-0.05, 0) is 19.3 Å². The summed E-state index contributed by atoms with van der Waals surface area (Å²) in [7, 11) is 1.23. The monoisotopic (exact) mass is 146 g/mol. The molecule has 9 heavy (non-hydrogen) atoms. The highest BCUT2D eigenvalue weighted by Crippen LogP contribution is 2.08. The minimum atomic E-state index is 0.675. The molecule has 1 nitrogen and oxygen atoms in total. The van der Waals surface area contributed by atoms with Crippen molar-refractivity contribution < 1.29 is 4.74 Å². The van der Waals surface area contributed by atoms with E-state index in [1.54, 1.807) is 0 Å². The van der Waals surface area contributed by atoms with Crippen LogP contribution in [0.3, 0.4) is 0 Å². The topological polar surface area (TPSA) is 9.23 Å². The van der Waals surface area contributed by atoms with Crippen molar-refractivity contribution >= 4 is 10.2 Å². The summed E-state index contributed by atoms with van der Waals surface area (Å²) in [5.74, 6) is 0. The molecular weight excluding hydrogens is 128 g/mol. The van der Waals surface area contributed by atoms with Crippen molar-refractivity contribution in [3.63, 3.8) is 0 Å². The normalized spacial score (nSPS) is 26.7. The first-order valence-corrected chi connectivity index (χ1v) is 5.16. The first kappa shape index (κ1) is 9.18. The summed E-state index contributed by atoms with van der Waals surface area (Å²) >= 11 is 0. The van der Waals surface area contributed by atoms with Crippen LogP contribution in [-0.4, -0.2) is 22.6 Å². The summed E-state index contributed by atoms with van der Waals surface area (Å²) in [4.78, 5) is 0. The lowest BCUT2D eigenvalue weighted by atomic mass is 10.2. The Labute approximate surface area is 61.2 Å². The molecule has 0 saturated carbocycles. The van der Waals surface area contributed by atoms with E-state index in [0.717, 1.165) is 6.61 Å². The second-order valence-electron chi connectivity index (χ2n) is 2.18. The number of rotatable bonds is 0. The minimum Gasteiger partial charge on any atom is -0.383 e.